The molecule has 0 aliphatic heterocycles. The predicted molar refractivity (Wildman–Crippen MR) is 153 cm³/mol. The summed E-state index contributed by atoms with van der Waals surface area (Å²) in [6, 6.07) is 4.05. The lowest BCUT2D eigenvalue weighted by Crippen LogP contribution is -2.23. The maximum Gasteiger partial charge on any atom is 0.124 e. The van der Waals surface area contributed by atoms with Crippen molar-refractivity contribution in [2.24, 2.45) is 0 Å². The van der Waals surface area contributed by atoms with Gasteiger partial charge in [-0.2, -0.15) is 0 Å². The van der Waals surface area contributed by atoms with Gasteiger partial charge in [-0.25, -0.2) is 0 Å². The van der Waals surface area contributed by atoms with E-state index in [4.69, 9.17) is 0 Å². The van der Waals surface area contributed by atoms with E-state index in [0.29, 0.717) is 17.4 Å². The first kappa shape index (κ1) is 29.3. The Morgan fingerprint density at radius 1 is 0.800 bits per heavy atom. The highest BCUT2D eigenvalue weighted by Gasteiger charge is 2.32. The van der Waals surface area contributed by atoms with Crippen molar-refractivity contribution >= 4 is 0 Å². The topological polar surface area (TPSA) is 40.5 Å². The minimum Gasteiger partial charge on any atom is -0.508 e. The van der Waals surface area contributed by atoms with Crippen LogP contribution >= 0.6 is 0 Å². The molecule has 1 atom stereocenters. The molecule has 35 heavy (non-hydrogen) atoms. The van der Waals surface area contributed by atoms with Gasteiger partial charge in [0.05, 0.1) is 0 Å². The van der Waals surface area contributed by atoms with Gasteiger partial charge in [0.1, 0.15) is 11.5 Å². The number of aromatic hydroxyl groups is 2. The summed E-state index contributed by atoms with van der Waals surface area (Å²) < 4.78 is 0. The maximum atomic E-state index is 11.7. The molecule has 0 amide bonds. The largest absolute Gasteiger partial charge is 0.508 e. The number of hydrogen-bond acceptors (Lipinski definition) is 2. The first-order valence-corrected chi connectivity index (χ1v) is 14.3. The quantitative estimate of drug-likeness (QED) is 0.280. The molecule has 2 aromatic carbocycles. The van der Waals surface area contributed by atoms with Crippen LogP contribution in [0.4, 0.5) is 0 Å². The molecule has 0 saturated carbocycles. The van der Waals surface area contributed by atoms with Crippen LogP contribution < -0.4 is 0 Å². The number of hydrogen-bond donors (Lipinski definition) is 2. The van der Waals surface area contributed by atoms with Crippen molar-refractivity contribution in [2.75, 3.05) is 0 Å². The minimum atomic E-state index is 0.0184. The second-order valence-corrected chi connectivity index (χ2v) is 11.2. The molecule has 196 valence electrons. The fourth-order valence-corrected chi connectivity index (χ4v) is 5.72. The highest BCUT2D eigenvalue weighted by Crippen LogP contribution is 2.49. The third-order valence-corrected chi connectivity index (χ3v) is 8.29. The number of phenolic OH excluding ortho intramolecular Hbond substituents is 2. The highest BCUT2D eigenvalue weighted by atomic mass is 16.3. The molecule has 0 aliphatic carbocycles. The first-order chi connectivity index (χ1) is 16.6. The SMILES string of the molecule is CCCCCCc1cc(O)c(-c2c(CCC)cc(O)c(C)c2CC)c(C(C)CC)c1C(C)(C)CC. The molecule has 0 radical (unpaired) electrons. The molecule has 0 spiro atoms. The van der Waals surface area contributed by atoms with Crippen molar-refractivity contribution in [3.05, 3.63) is 45.5 Å². The van der Waals surface area contributed by atoms with Gasteiger partial charge in [0, 0.05) is 5.56 Å². The Kier molecular flexibility index (Phi) is 10.7. The Morgan fingerprint density at radius 3 is 2.00 bits per heavy atom. The normalized spacial score (nSPS) is 12.8. The molecular weight excluding hydrogens is 428 g/mol. The van der Waals surface area contributed by atoms with Crippen molar-refractivity contribution in [1.82, 2.24) is 0 Å². The van der Waals surface area contributed by atoms with Crippen LogP contribution in [0.15, 0.2) is 12.1 Å². The van der Waals surface area contributed by atoms with Crippen molar-refractivity contribution in [1.29, 1.82) is 0 Å². The van der Waals surface area contributed by atoms with Gasteiger partial charge >= 0.3 is 0 Å². The van der Waals surface area contributed by atoms with Crippen molar-refractivity contribution in [3.63, 3.8) is 0 Å². The molecule has 0 saturated heterocycles. The summed E-state index contributed by atoms with van der Waals surface area (Å²) in [6.07, 6.45) is 10.7. The lowest BCUT2D eigenvalue weighted by atomic mass is 9.70. The van der Waals surface area contributed by atoms with Gasteiger partial charge in [0.15, 0.2) is 0 Å². The van der Waals surface area contributed by atoms with Gasteiger partial charge in [-0.1, -0.05) is 81.1 Å². The monoisotopic (exact) mass is 480 g/mol. The minimum absolute atomic E-state index is 0.0184. The molecule has 0 heterocycles. The first-order valence-electron chi connectivity index (χ1n) is 14.3. The van der Waals surface area contributed by atoms with E-state index in [0.717, 1.165) is 55.2 Å². The fourth-order valence-electron chi connectivity index (χ4n) is 5.72. The summed E-state index contributed by atoms with van der Waals surface area (Å²) in [5.41, 5.74) is 9.60. The Labute approximate surface area is 216 Å². The summed E-state index contributed by atoms with van der Waals surface area (Å²) in [5.74, 6) is 1.12. The number of aryl methyl sites for hydroxylation is 2. The van der Waals surface area contributed by atoms with Gasteiger partial charge < -0.3 is 10.2 Å². The molecule has 2 heteroatoms. The number of unbranched alkanes of at least 4 members (excludes halogenated alkanes) is 3. The van der Waals surface area contributed by atoms with Crippen molar-refractivity contribution < 1.29 is 10.2 Å². The molecule has 2 rings (SSSR count). The molecule has 0 aliphatic rings. The van der Waals surface area contributed by atoms with Gasteiger partial charge in [-0.05, 0) is 108 Å². The van der Waals surface area contributed by atoms with E-state index in [1.807, 2.05) is 13.0 Å². The van der Waals surface area contributed by atoms with Gasteiger partial charge in [0.25, 0.3) is 0 Å². The lowest BCUT2D eigenvalue weighted by Gasteiger charge is -2.35. The maximum absolute atomic E-state index is 11.7. The highest BCUT2D eigenvalue weighted by molar-refractivity contribution is 5.83. The third-order valence-electron chi connectivity index (χ3n) is 8.29. The van der Waals surface area contributed by atoms with Crippen LogP contribution in [-0.4, -0.2) is 10.2 Å². The molecule has 0 bridgehead atoms. The Morgan fingerprint density at radius 2 is 1.46 bits per heavy atom. The zero-order valence-electron chi connectivity index (χ0n) is 24.2. The molecular formula is C33H52O2. The smallest absolute Gasteiger partial charge is 0.124 e. The van der Waals surface area contributed by atoms with Crippen molar-refractivity contribution in [3.8, 4) is 22.6 Å². The zero-order valence-corrected chi connectivity index (χ0v) is 24.2. The van der Waals surface area contributed by atoms with Crippen LogP contribution in [0.1, 0.15) is 140 Å². The van der Waals surface area contributed by atoms with E-state index >= 15 is 0 Å². The van der Waals surface area contributed by atoms with E-state index < -0.39 is 0 Å². The van der Waals surface area contributed by atoms with Crippen LogP contribution in [0.5, 0.6) is 11.5 Å². The van der Waals surface area contributed by atoms with Gasteiger partial charge in [-0.15, -0.1) is 0 Å². The third kappa shape index (κ3) is 6.25. The Bertz CT molecular complexity index is 984. The summed E-state index contributed by atoms with van der Waals surface area (Å²) in [7, 11) is 0. The molecule has 0 aromatic heterocycles. The molecule has 2 N–H and O–H groups in total. The van der Waals surface area contributed by atoms with E-state index in [9.17, 15) is 10.2 Å². The van der Waals surface area contributed by atoms with Gasteiger partial charge in [-0.3, -0.25) is 0 Å². The number of rotatable bonds is 13. The summed E-state index contributed by atoms with van der Waals surface area (Å²) in [4.78, 5) is 0. The van der Waals surface area contributed by atoms with Crippen LogP contribution in [0.3, 0.4) is 0 Å². The van der Waals surface area contributed by atoms with Crippen LogP contribution in [0, 0.1) is 6.92 Å². The number of phenols is 2. The molecule has 2 aromatic rings. The van der Waals surface area contributed by atoms with E-state index in [-0.39, 0.29) is 5.41 Å². The average Bonchev–Trinajstić information content (AvgIpc) is 2.83. The molecule has 2 nitrogen and oxygen atoms in total. The van der Waals surface area contributed by atoms with Crippen LogP contribution in [0.2, 0.25) is 0 Å². The van der Waals surface area contributed by atoms with E-state index in [2.05, 4.69) is 61.5 Å². The zero-order chi connectivity index (χ0) is 26.3. The fraction of sp³-hybridized carbons (Fsp3) is 0.636. The average molecular weight is 481 g/mol. The Balaban J connectivity index is 3.03. The second-order valence-electron chi connectivity index (χ2n) is 11.2. The summed E-state index contributed by atoms with van der Waals surface area (Å²) >= 11 is 0. The number of benzene rings is 2. The predicted octanol–water partition coefficient (Wildman–Crippen LogP) is 9.91. The molecule has 1 unspecified atom stereocenters. The molecule has 0 fully saturated rings. The van der Waals surface area contributed by atoms with E-state index in [1.54, 1.807) is 0 Å². The summed E-state index contributed by atoms with van der Waals surface area (Å²) in [6.45, 7) is 20.3. The Hall–Kier alpha value is -1.96. The van der Waals surface area contributed by atoms with E-state index in [1.165, 1.54) is 53.5 Å². The van der Waals surface area contributed by atoms with Crippen LogP contribution in [0.25, 0.3) is 11.1 Å². The van der Waals surface area contributed by atoms with Crippen LogP contribution in [-0.2, 0) is 24.7 Å². The van der Waals surface area contributed by atoms with Crippen molar-refractivity contribution in [2.45, 2.75) is 138 Å². The standard InChI is InChI=1S/C33H52O2/c1-10-15-16-17-19-25-21-28(35)31(29(22(6)12-3)32(25)33(8,9)14-5)30-24(18-11-2)20-27(34)23(7)26(30)13-4/h20-22,34-35H,10-19H2,1-9H3. The second kappa shape index (κ2) is 12.8. The summed E-state index contributed by atoms with van der Waals surface area (Å²) in [5, 5.41) is 22.5. The lowest BCUT2D eigenvalue weighted by molar-refractivity contribution is 0.462. The van der Waals surface area contributed by atoms with Gasteiger partial charge in [0.2, 0.25) is 0 Å².